The zero-order chi connectivity index (χ0) is 14.6. The van der Waals surface area contributed by atoms with Crippen molar-refractivity contribution in [2.45, 2.75) is 25.8 Å². The molecule has 1 aromatic rings. The molecule has 4 N–H and O–H groups in total. The molecule has 19 heavy (non-hydrogen) atoms. The van der Waals surface area contributed by atoms with Crippen LogP contribution in [0.2, 0.25) is 5.02 Å². The number of nitrogens with one attached hydrogen (secondary N) is 2. The van der Waals surface area contributed by atoms with Crippen LogP contribution in [0.3, 0.4) is 0 Å². The van der Waals surface area contributed by atoms with Crippen LogP contribution >= 0.6 is 11.6 Å². The van der Waals surface area contributed by atoms with E-state index >= 15 is 0 Å². The Morgan fingerprint density at radius 3 is 2.58 bits per heavy atom. The minimum Gasteiger partial charge on any atom is -0.373 e. The maximum atomic E-state index is 12.1. The molecule has 1 heterocycles. The van der Waals surface area contributed by atoms with Gasteiger partial charge in [-0.2, -0.15) is 0 Å². The first-order valence-corrected chi connectivity index (χ1v) is 6.08. The molecule has 0 radical (unpaired) electrons. The van der Waals surface area contributed by atoms with Gasteiger partial charge in [0.05, 0.1) is 5.02 Å². The molecule has 1 rings (SSSR count). The van der Waals surface area contributed by atoms with Crippen LogP contribution < -0.4 is 16.4 Å². The highest BCUT2D eigenvalue weighted by Crippen LogP contribution is 2.18. The number of anilines is 1. The lowest BCUT2D eigenvalue weighted by Crippen LogP contribution is -2.46. The summed E-state index contributed by atoms with van der Waals surface area (Å²) in [5.74, 6) is -0.413. The zero-order valence-electron chi connectivity index (χ0n) is 11.1. The number of nitrogens with two attached hydrogens (primary N) is 1. The van der Waals surface area contributed by atoms with Crippen molar-refractivity contribution >= 4 is 29.2 Å². The molecule has 7 heteroatoms. The van der Waals surface area contributed by atoms with Gasteiger partial charge in [-0.25, -0.2) is 4.98 Å². The van der Waals surface area contributed by atoms with E-state index in [1.807, 2.05) is 0 Å². The number of nitrogens with zero attached hydrogens (tertiary/aromatic N) is 1. The zero-order valence-corrected chi connectivity index (χ0v) is 11.8. The van der Waals surface area contributed by atoms with Crippen molar-refractivity contribution in [1.82, 2.24) is 10.3 Å². The number of pyridine rings is 1. The highest BCUT2D eigenvalue weighted by molar-refractivity contribution is 6.33. The number of carbonyl (C=O) groups is 2. The summed E-state index contributed by atoms with van der Waals surface area (Å²) in [4.78, 5) is 27.1. The monoisotopic (exact) mass is 284 g/mol. The molecule has 0 unspecified atom stereocenters. The van der Waals surface area contributed by atoms with Gasteiger partial charge in [0.2, 0.25) is 5.91 Å². The van der Waals surface area contributed by atoms with Crippen molar-refractivity contribution < 1.29 is 9.59 Å². The number of amides is 2. The lowest BCUT2D eigenvalue weighted by Gasteiger charge is -2.24. The molecule has 6 nitrogen and oxygen atoms in total. The van der Waals surface area contributed by atoms with E-state index in [-0.39, 0.29) is 17.1 Å². The van der Waals surface area contributed by atoms with Crippen molar-refractivity contribution in [1.29, 1.82) is 0 Å². The van der Waals surface area contributed by atoms with Crippen molar-refractivity contribution in [2.75, 3.05) is 12.4 Å². The lowest BCUT2D eigenvalue weighted by atomic mass is 10.00. The predicted molar refractivity (Wildman–Crippen MR) is 74.2 cm³/mol. The molecule has 0 aromatic carbocycles. The molecule has 0 aliphatic carbocycles. The predicted octanol–water partition coefficient (Wildman–Crippen LogP) is 1.16. The standard InChI is InChI=1S/C12H17ClN4O2/c1-12(2,6-8(14)18)17-11(19)10-7(13)4-5-9(15-3)16-10/h4-5H,6H2,1-3H3,(H2,14,18)(H,15,16)(H,17,19). The van der Waals surface area contributed by atoms with Gasteiger partial charge < -0.3 is 16.4 Å². The summed E-state index contributed by atoms with van der Waals surface area (Å²) in [6, 6.07) is 3.24. The normalized spacial score (nSPS) is 10.9. The SMILES string of the molecule is CNc1ccc(Cl)c(C(=O)NC(C)(C)CC(N)=O)n1. The Morgan fingerprint density at radius 1 is 1.42 bits per heavy atom. The summed E-state index contributed by atoms with van der Waals surface area (Å²) in [5, 5.41) is 5.74. The highest BCUT2D eigenvalue weighted by Gasteiger charge is 2.25. The van der Waals surface area contributed by atoms with Crippen molar-refractivity contribution in [3.8, 4) is 0 Å². The van der Waals surface area contributed by atoms with E-state index in [9.17, 15) is 9.59 Å². The first-order valence-electron chi connectivity index (χ1n) is 5.70. The smallest absolute Gasteiger partial charge is 0.271 e. The van der Waals surface area contributed by atoms with E-state index in [4.69, 9.17) is 17.3 Å². The number of aromatic nitrogens is 1. The number of rotatable bonds is 5. The summed E-state index contributed by atoms with van der Waals surface area (Å²) in [6.07, 6.45) is 0.0298. The maximum Gasteiger partial charge on any atom is 0.271 e. The fraction of sp³-hybridized carbons (Fsp3) is 0.417. The van der Waals surface area contributed by atoms with Crippen LogP contribution in [0.1, 0.15) is 30.8 Å². The van der Waals surface area contributed by atoms with Gasteiger partial charge in [-0.05, 0) is 26.0 Å². The molecule has 0 aliphatic heterocycles. The molecule has 0 fully saturated rings. The van der Waals surface area contributed by atoms with Crippen LogP contribution in [0.25, 0.3) is 0 Å². The molecule has 0 spiro atoms. The fourth-order valence-electron chi connectivity index (χ4n) is 1.59. The quantitative estimate of drug-likeness (QED) is 0.756. The molecule has 2 amide bonds. The Labute approximate surface area is 116 Å². The van der Waals surface area contributed by atoms with E-state index in [1.54, 1.807) is 33.0 Å². The van der Waals surface area contributed by atoms with Gasteiger partial charge in [0.15, 0.2) is 0 Å². The van der Waals surface area contributed by atoms with Crippen molar-refractivity contribution in [3.05, 3.63) is 22.8 Å². The van der Waals surface area contributed by atoms with Gasteiger partial charge in [-0.1, -0.05) is 11.6 Å². The molecule has 1 aromatic heterocycles. The maximum absolute atomic E-state index is 12.1. The molecular formula is C12H17ClN4O2. The Bertz CT molecular complexity index is 503. The summed E-state index contributed by atoms with van der Waals surface area (Å²) in [6.45, 7) is 3.40. The fourth-order valence-corrected chi connectivity index (χ4v) is 1.78. The summed E-state index contributed by atoms with van der Waals surface area (Å²) < 4.78 is 0. The van der Waals surface area contributed by atoms with E-state index in [1.165, 1.54) is 0 Å². The molecule has 0 saturated carbocycles. The topological polar surface area (TPSA) is 97.1 Å². The molecule has 0 saturated heterocycles. The minimum absolute atomic E-state index is 0.0298. The molecule has 0 bridgehead atoms. The Hall–Kier alpha value is -1.82. The average Bonchev–Trinajstić information content (AvgIpc) is 2.26. The first-order chi connectivity index (χ1) is 8.75. The van der Waals surface area contributed by atoms with Gasteiger partial charge in [-0.15, -0.1) is 0 Å². The highest BCUT2D eigenvalue weighted by atomic mass is 35.5. The van der Waals surface area contributed by atoms with Gasteiger partial charge in [0, 0.05) is 19.0 Å². The number of carbonyl (C=O) groups excluding carboxylic acids is 2. The molecule has 104 valence electrons. The number of halogens is 1. The second-order valence-electron chi connectivity index (χ2n) is 4.76. The van der Waals surface area contributed by atoms with E-state index < -0.39 is 17.4 Å². The summed E-state index contributed by atoms with van der Waals surface area (Å²) >= 11 is 5.94. The van der Waals surface area contributed by atoms with Crippen LogP contribution in [0.15, 0.2) is 12.1 Å². The average molecular weight is 285 g/mol. The molecular weight excluding hydrogens is 268 g/mol. The number of primary amides is 1. The number of hydrogen-bond donors (Lipinski definition) is 3. The van der Waals surface area contributed by atoms with Gasteiger partial charge in [-0.3, -0.25) is 9.59 Å². The van der Waals surface area contributed by atoms with E-state index in [2.05, 4.69) is 15.6 Å². The first kappa shape index (κ1) is 15.2. The molecule has 0 atom stereocenters. The Kier molecular flexibility index (Phi) is 4.72. The lowest BCUT2D eigenvalue weighted by molar-refractivity contribution is -0.119. The third-order valence-electron chi connectivity index (χ3n) is 2.39. The van der Waals surface area contributed by atoms with E-state index in [0.29, 0.717) is 5.82 Å². The van der Waals surface area contributed by atoms with Crippen LogP contribution in [0.5, 0.6) is 0 Å². The van der Waals surface area contributed by atoms with Gasteiger partial charge >= 0.3 is 0 Å². The van der Waals surface area contributed by atoms with Gasteiger partial charge in [0.25, 0.3) is 5.91 Å². The second kappa shape index (κ2) is 5.88. The third kappa shape index (κ3) is 4.40. The Morgan fingerprint density at radius 2 is 2.05 bits per heavy atom. The summed E-state index contributed by atoms with van der Waals surface area (Å²) in [5.41, 5.74) is 4.47. The van der Waals surface area contributed by atoms with E-state index in [0.717, 1.165) is 0 Å². The summed E-state index contributed by atoms with van der Waals surface area (Å²) in [7, 11) is 1.69. The van der Waals surface area contributed by atoms with Gasteiger partial charge in [0.1, 0.15) is 11.5 Å². The molecule has 0 aliphatic rings. The van der Waals surface area contributed by atoms with Crippen LogP contribution in [-0.4, -0.2) is 29.4 Å². The number of hydrogen-bond acceptors (Lipinski definition) is 4. The largest absolute Gasteiger partial charge is 0.373 e. The minimum atomic E-state index is -0.760. The second-order valence-corrected chi connectivity index (χ2v) is 5.17. The van der Waals surface area contributed by atoms with Crippen LogP contribution in [0.4, 0.5) is 5.82 Å². The van der Waals surface area contributed by atoms with Crippen molar-refractivity contribution in [3.63, 3.8) is 0 Å². The van der Waals surface area contributed by atoms with Crippen molar-refractivity contribution in [2.24, 2.45) is 5.73 Å². The Balaban J connectivity index is 2.92. The third-order valence-corrected chi connectivity index (χ3v) is 2.69. The van der Waals surface area contributed by atoms with Crippen LogP contribution in [0, 0.1) is 0 Å². The van der Waals surface area contributed by atoms with Crippen LogP contribution in [-0.2, 0) is 4.79 Å².